The highest BCUT2D eigenvalue weighted by Crippen LogP contribution is 2.36. The van der Waals surface area contributed by atoms with Crippen LogP contribution in [0.15, 0.2) is 48.7 Å². The van der Waals surface area contributed by atoms with Crippen molar-refractivity contribution in [1.82, 2.24) is 4.98 Å². The molecule has 0 bridgehead atoms. The van der Waals surface area contributed by atoms with E-state index in [4.69, 9.17) is 0 Å². The minimum atomic E-state index is 0.298. The monoisotopic (exact) mass is 253 g/mol. The van der Waals surface area contributed by atoms with Gasteiger partial charge in [0.25, 0.3) is 0 Å². The van der Waals surface area contributed by atoms with Crippen LogP contribution in [0, 0.1) is 0 Å². The second-order valence-corrected chi connectivity index (χ2v) is 5.14. The van der Waals surface area contributed by atoms with Crippen molar-refractivity contribution >= 4 is 0 Å². The predicted molar refractivity (Wildman–Crippen MR) is 82.2 cm³/mol. The molecular weight excluding hydrogens is 230 g/mol. The Labute approximate surface area is 116 Å². The Kier molecular flexibility index (Phi) is 4.36. The minimum absolute atomic E-state index is 0.298. The number of aromatic nitrogens is 1. The van der Waals surface area contributed by atoms with Crippen LogP contribution < -0.4 is 0 Å². The van der Waals surface area contributed by atoms with Gasteiger partial charge in [-0.05, 0) is 42.4 Å². The molecule has 0 aliphatic rings. The quantitative estimate of drug-likeness (QED) is 0.712. The molecule has 2 aromatic rings. The van der Waals surface area contributed by atoms with Gasteiger partial charge in [0.1, 0.15) is 0 Å². The third-order valence-electron chi connectivity index (χ3n) is 4.47. The lowest BCUT2D eigenvalue weighted by atomic mass is 9.74. The summed E-state index contributed by atoms with van der Waals surface area (Å²) >= 11 is 0. The predicted octanol–water partition coefficient (Wildman–Crippen LogP) is 5.22. The van der Waals surface area contributed by atoms with Crippen LogP contribution in [0.25, 0.3) is 11.3 Å². The van der Waals surface area contributed by atoms with Gasteiger partial charge in [-0.3, -0.25) is 4.98 Å². The standard InChI is InChI=1S/C18H23N/c1-4-18(5-2,6-3)16-12-13-19-17(14-16)15-10-8-7-9-11-15/h7-14H,4-6H2,1-3H3. The summed E-state index contributed by atoms with van der Waals surface area (Å²) in [6, 6.07) is 14.9. The Bertz CT molecular complexity index is 504. The normalized spacial score (nSPS) is 11.5. The Morgan fingerprint density at radius 3 is 2.11 bits per heavy atom. The molecule has 1 heteroatoms. The lowest BCUT2D eigenvalue weighted by Crippen LogP contribution is -2.23. The second-order valence-electron chi connectivity index (χ2n) is 5.14. The van der Waals surface area contributed by atoms with Gasteiger partial charge in [-0.2, -0.15) is 0 Å². The van der Waals surface area contributed by atoms with E-state index in [9.17, 15) is 0 Å². The Morgan fingerprint density at radius 1 is 0.895 bits per heavy atom. The van der Waals surface area contributed by atoms with Crippen molar-refractivity contribution in [2.75, 3.05) is 0 Å². The molecule has 1 nitrogen and oxygen atoms in total. The minimum Gasteiger partial charge on any atom is -0.256 e. The lowest BCUT2D eigenvalue weighted by Gasteiger charge is -2.31. The molecule has 1 aromatic heterocycles. The maximum Gasteiger partial charge on any atom is 0.0704 e. The van der Waals surface area contributed by atoms with Crippen LogP contribution in [0.5, 0.6) is 0 Å². The Morgan fingerprint density at radius 2 is 1.53 bits per heavy atom. The van der Waals surface area contributed by atoms with Crippen molar-refractivity contribution in [3.8, 4) is 11.3 Å². The topological polar surface area (TPSA) is 12.9 Å². The van der Waals surface area contributed by atoms with Gasteiger partial charge < -0.3 is 0 Å². The zero-order valence-electron chi connectivity index (χ0n) is 12.2. The summed E-state index contributed by atoms with van der Waals surface area (Å²) in [7, 11) is 0. The molecule has 0 amide bonds. The summed E-state index contributed by atoms with van der Waals surface area (Å²) in [6.07, 6.45) is 5.49. The molecule has 0 aliphatic carbocycles. The molecule has 0 atom stereocenters. The summed E-state index contributed by atoms with van der Waals surface area (Å²) in [5.74, 6) is 0. The maximum absolute atomic E-state index is 4.53. The average Bonchev–Trinajstić information content (AvgIpc) is 2.51. The van der Waals surface area contributed by atoms with E-state index in [2.05, 4.69) is 62.2 Å². The first-order valence-electron chi connectivity index (χ1n) is 7.27. The summed E-state index contributed by atoms with van der Waals surface area (Å²) in [4.78, 5) is 4.53. The van der Waals surface area contributed by atoms with E-state index in [1.165, 1.54) is 30.4 Å². The Hall–Kier alpha value is -1.63. The largest absolute Gasteiger partial charge is 0.256 e. The molecule has 0 spiro atoms. The average molecular weight is 253 g/mol. The third-order valence-corrected chi connectivity index (χ3v) is 4.47. The smallest absolute Gasteiger partial charge is 0.0704 e. The second kappa shape index (κ2) is 6.01. The fraction of sp³-hybridized carbons (Fsp3) is 0.389. The molecule has 1 aromatic carbocycles. The molecule has 0 aliphatic heterocycles. The van der Waals surface area contributed by atoms with Crippen LogP contribution in [0.3, 0.4) is 0 Å². The van der Waals surface area contributed by atoms with Gasteiger partial charge in [0.05, 0.1) is 5.69 Å². The van der Waals surface area contributed by atoms with E-state index in [-0.39, 0.29) is 0 Å². The van der Waals surface area contributed by atoms with Crippen molar-refractivity contribution < 1.29 is 0 Å². The lowest BCUT2D eigenvalue weighted by molar-refractivity contribution is 0.381. The van der Waals surface area contributed by atoms with Gasteiger partial charge in [-0.15, -0.1) is 0 Å². The number of hydrogen-bond acceptors (Lipinski definition) is 1. The van der Waals surface area contributed by atoms with Gasteiger partial charge >= 0.3 is 0 Å². The van der Waals surface area contributed by atoms with Crippen LogP contribution in [0.4, 0.5) is 0 Å². The van der Waals surface area contributed by atoms with Crippen LogP contribution >= 0.6 is 0 Å². The first-order valence-corrected chi connectivity index (χ1v) is 7.27. The zero-order chi connectivity index (χ0) is 13.7. The molecule has 100 valence electrons. The van der Waals surface area contributed by atoms with Gasteiger partial charge in [-0.1, -0.05) is 51.1 Å². The van der Waals surface area contributed by atoms with E-state index < -0.39 is 0 Å². The van der Waals surface area contributed by atoms with Crippen molar-refractivity contribution in [3.05, 3.63) is 54.2 Å². The van der Waals surface area contributed by atoms with Crippen molar-refractivity contribution in [2.24, 2.45) is 0 Å². The van der Waals surface area contributed by atoms with E-state index in [0.717, 1.165) is 5.69 Å². The van der Waals surface area contributed by atoms with Crippen molar-refractivity contribution in [3.63, 3.8) is 0 Å². The fourth-order valence-electron chi connectivity index (χ4n) is 2.89. The van der Waals surface area contributed by atoms with E-state index in [1.807, 2.05) is 12.3 Å². The number of nitrogens with zero attached hydrogens (tertiary/aromatic N) is 1. The van der Waals surface area contributed by atoms with Crippen molar-refractivity contribution in [2.45, 2.75) is 45.4 Å². The summed E-state index contributed by atoms with van der Waals surface area (Å²) < 4.78 is 0. The zero-order valence-corrected chi connectivity index (χ0v) is 12.2. The number of benzene rings is 1. The van der Waals surface area contributed by atoms with E-state index in [1.54, 1.807) is 0 Å². The molecule has 0 N–H and O–H groups in total. The van der Waals surface area contributed by atoms with Gasteiger partial charge in [0.2, 0.25) is 0 Å². The molecule has 1 heterocycles. The Balaban J connectivity index is 2.45. The highest BCUT2D eigenvalue weighted by atomic mass is 14.7. The first-order chi connectivity index (χ1) is 9.25. The molecular formula is C18H23N. The summed E-state index contributed by atoms with van der Waals surface area (Å²) in [5.41, 5.74) is 4.00. The molecule has 0 radical (unpaired) electrons. The molecule has 0 saturated heterocycles. The maximum atomic E-state index is 4.53. The third kappa shape index (κ3) is 2.70. The molecule has 19 heavy (non-hydrogen) atoms. The van der Waals surface area contributed by atoms with Gasteiger partial charge in [0.15, 0.2) is 0 Å². The first kappa shape index (κ1) is 13.8. The van der Waals surface area contributed by atoms with Crippen LogP contribution in [-0.4, -0.2) is 4.98 Å². The molecule has 0 fully saturated rings. The van der Waals surface area contributed by atoms with Gasteiger partial charge in [-0.25, -0.2) is 0 Å². The SMILES string of the molecule is CCC(CC)(CC)c1ccnc(-c2ccccc2)c1. The molecule has 0 unspecified atom stereocenters. The summed E-state index contributed by atoms with van der Waals surface area (Å²) in [6.45, 7) is 6.86. The highest BCUT2D eigenvalue weighted by Gasteiger charge is 2.26. The molecule has 0 saturated carbocycles. The van der Waals surface area contributed by atoms with E-state index in [0.29, 0.717) is 5.41 Å². The van der Waals surface area contributed by atoms with Crippen LogP contribution in [-0.2, 0) is 5.41 Å². The van der Waals surface area contributed by atoms with Crippen LogP contribution in [0.2, 0.25) is 0 Å². The highest BCUT2D eigenvalue weighted by molar-refractivity contribution is 5.59. The summed E-state index contributed by atoms with van der Waals surface area (Å²) in [5, 5.41) is 0. The fourth-order valence-corrected chi connectivity index (χ4v) is 2.89. The number of pyridine rings is 1. The number of hydrogen-bond donors (Lipinski definition) is 0. The number of rotatable bonds is 5. The molecule has 2 rings (SSSR count). The van der Waals surface area contributed by atoms with E-state index >= 15 is 0 Å². The van der Waals surface area contributed by atoms with Crippen molar-refractivity contribution in [1.29, 1.82) is 0 Å². The van der Waals surface area contributed by atoms with Gasteiger partial charge in [0, 0.05) is 11.8 Å². The van der Waals surface area contributed by atoms with Crippen LogP contribution in [0.1, 0.15) is 45.6 Å².